The van der Waals surface area contributed by atoms with Crippen molar-refractivity contribution in [3.63, 3.8) is 0 Å². The van der Waals surface area contributed by atoms with Crippen molar-refractivity contribution in [3.05, 3.63) is 72.2 Å². The van der Waals surface area contributed by atoms with Gasteiger partial charge in [-0.15, -0.1) is 0 Å². The summed E-state index contributed by atoms with van der Waals surface area (Å²) in [5.74, 6) is -0.906. The van der Waals surface area contributed by atoms with E-state index in [1.807, 2.05) is 42.7 Å². The van der Waals surface area contributed by atoms with Crippen molar-refractivity contribution >= 4 is 16.9 Å². The zero-order valence-electron chi connectivity index (χ0n) is 15.2. The van der Waals surface area contributed by atoms with Crippen LogP contribution in [0.1, 0.15) is 30.1 Å². The van der Waals surface area contributed by atoms with E-state index in [4.69, 9.17) is 0 Å². The van der Waals surface area contributed by atoms with Crippen molar-refractivity contribution < 1.29 is 9.90 Å². The lowest BCUT2D eigenvalue weighted by atomic mass is 9.91. The summed E-state index contributed by atoms with van der Waals surface area (Å²) in [6.07, 6.45) is 5.88. The van der Waals surface area contributed by atoms with Gasteiger partial charge in [0.2, 0.25) is 0 Å². The number of carboxylic acids is 1. The standard InChI is InChI=1S/C22H23N3O2/c26-22(27)16-9-13-25(14-10-16)21(15-17-5-3-4-11-23-17)19-8-12-24-20-7-2-1-6-18(19)20/h1-8,11-12,16,21H,9-10,13-15H2,(H,26,27). The Morgan fingerprint density at radius 1 is 1.04 bits per heavy atom. The molecule has 0 amide bonds. The van der Waals surface area contributed by atoms with Crippen LogP contribution in [0.4, 0.5) is 0 Å². The lowest BCUT2D eigenvalue weighted by Crippen LogP contribution is -2.39. The predicted octanol–water partition coefficient (Wildman–Crippen LogP) is 3.71. The fourth-order valence-electron chi connectivity index (χ4n) is 4.02. The molecule has 4 rings (SSSR count). The van der Waals surface area contributed by atoms with Gasteiger partial charge in [-0.1, -0.05) is 24.3 Å². The summed E-state index contributed by atoms with van der Waals surface area (Å²) >= 11 is 0. The zero-order chi connectivity index (χ0) is 18.6. The molecule has 1 saturated heterocycles. The minimum absolute atomic E-state index is 0.155. The van der Waals surface area contributed by atoms with Gasteiger partial charge in [0.1, 0.15) is 0 Å². The SMILES string of the molecule is O=C(O)C1CCN(C(Cc2ccccn2)c2ccnc3ccccc23)CC1. The molecule has 0 bridgehead atoms. The van der Waals surface area contributed by atoms with Crippen LogP contribution >= 0.6 is 0 Å². The molecule has 0 radical (unpaired) electrons. The number of pyridine rings is 2. The van der Waals surface area contributed by atoms with E-state index in [1.165, 1.54) is 5.56 Å². The van der Waals surface area contributed by atoms with E-state index in [9.17, 15) is 9.90 Å². The fraction of sp³-hybridized carbons (Fsp3) is 0.318. The number of fused-ring (bicyclic) bond motifs is 1. The minimum atomic E-state index is -0.676. The largest absolute Gasteiger partial charge is 0.481 e. The van der Waals surface area contributed by atoms with Crippen LogP contribution in [0.15, 0.2) is 60.9 Å². The van der Waals surface area contributed by atoms with E-state index >= 15 is 0 Å². The van der Waals surface area contributed by atoms with Crippen LogP contribution in [-0.4, -0.2) is 39.0 Å². The van der Waals surface area contributed by atoms with Crippen LogP contribution in [0.25, 0.3) is 10.9 Å². The summed E-state index contributed by atoms with van der Waals surface area (Å²) in [7, 11) is 0. The van der Waals surface area contributed by atoms with Gasteiger partial charge < -0.3 is 5.11 Å². The van der Waals surface area contributed by atoms with Crippen molar-refractivity contribution in [1.29, 1.82) is 0 Å². The molecule has 1 atom stereocenters. The number of aromatic nitrogens is 2. The number of piperidine rings is 1. The van der Waals surface area contributed by atoms with Gasteiger partial charge in [-0.25, -0.2) is 0 Å². The number of rotatable bonds is 5. The van der Waals surface area contributed by atoms with Crippen LogP contribution in [0.3, 0.4) is 0 Å². The number of benzene rings is 1. The molecule has 1 unspecified atom stereocenters. The molecular weight excluding hydrogens is 338 g/mol. The van der Waals surface area contributed by atoms with Crippen molar-refractivity contribution in [2.24, 2.45) is 5.92 Å². The van der Waals surface area contributed by atoms with Crippen molar-refractivity contribution in [2.45, 2.75) is 25.3 Å². The second-order valence-electron chi connectivity index (χ2n) is 7.11. The second kappa shape index (κ2) is 7.84. The zero-order valence-corrected chi connectivity index (χ0v) is 15.2. The Kier molecular flexibility index (Phi) is 5.12. The van der Waals surface area contributed by atoms with Crippen molar-refractivity contribution in [2.75, 3.05) is 13.1 Å². The van der Waals surface area contributed by atoms with Crippen molar-refractivity contribution in [3.8, 4) is 0 Å². The maximum absolute atomic E-state index is 11.3. The molecule has 3 aromatic rings. The number of aliphatic carboxylic acids is 1. The lowest BCUT2D eigenvalue weighted by molar-refractivity contribution is -0.143. The van der Waals surface area contributed by atoms with Crippen LogP contribution in [-0.2, 0) is 11.2 Å². The Hall–Kier alpha value is -2.79. The summed E-state index contributed by atoms with van der Waals surface area (Å²) < 4.78 is 0. The molecule has 1 N–H and O–H groups in total. The highest BCUT2D eigenvalue weighted by atomic mass is 16.4. The maximum Gasteiger partial charge on any atom is 0.306 e. The first kappa shape index (κ1) is 17.6. The number of hydrogen-bond acceptors (Lipinski definition) is 4. The topological polar surface area (TPSA) is 66.3 Å². The first-order valence-electron chi connectivity index (χ1n) is 9.43. The molecule has 27 heavy (non-hydrogen) atoms. The number of hydrogen-bond donors (Lipinski definition) is 1. The van der Waals surface area contributed by atoms with E-state index < -0.39 is 5.97 Å². The smallest absolute Gasteiger partial charge is 0.306 e. The molecule has 1 aliphatic heterocycles. The Labute approximate surface area is 158 Å². The number of nitrogens with zero attached hydrogens (tertiary/aromatic N) is 3. The molecule has 5 nitrogen and oxygen atoms in total. The normalized spacial score (nSPS) is 17.0. The highest BCUT2D eigenvalue weighted by Gasteiger charge is 2.30. The number of carbonyl (C=O) groups is 1. The minimum Gasteiger partial charge on any atom is -0.481 e. The van der Waals surface area contributed by atoms with Gasteiger partial charge in [-0.3, -0.25) is 19.7 Å². The molecule has 1 aliphatic rings. The summed E-state index contributed by atoms with van der Waals surface area (Å²) in [4.78, 5) is 22.8. The van der Waals surface area contributed by atoms with Crippen LogP contribution in [0.5, 0.6) is 0 Å². The molecule has 0 spiro atoms. The highest BCUT2D eigenvalue weighted by molar-refractivity contribution is 5.82. The van der Waals surface area contributed by atoms with Crippen LogP contribution in [0, 0.1) is 5.92 Å². The first-order chi connectivity index (χ1) is 13.2. The predicted molar refractivity (Wildman–Crippen MR) is 104 cm³/mol. The molecule has 1 aromatic carbocycles. The molecule has 138 valence electrons. The van der Waals surface area contributed by atoms with E-state index in [1.54, 1.807) is 0 Å². The van der Waals surface area contributed by atoms with Gasteiger partial charge in [0.05, 0.1) is 11.4 Å². The Morgan fingerprint density at radius 2 is 1.81 bits per heavy atom. The average Bonchev–Trinajstić information content (AvgIpc) is 2.72. The van der Waals surface area contributed by atoms with E-state index in [0.717, 1.165) is 36.1 Å². The summed E-state index contributed by atoms with van der Waals surface area (Å²) in [5.41, 5.74) is 3.27. The summed E-state index contributed by atoms with van der Waals surface area (Å²) in [6, 6.07) is 16.5. The highest BCUT2D eigenvalue weighted by Crippen LogP contribution is 2.33. The molecule has 0 saturated carbocycles. The van der Waals surface area contributed by atoms with E-state index in [0.29, 0.717) is 12.8 Å². The summed E-state index contributed by atoms with van der Waals surface area (Å²) in [5, 5.41) is 10.5. The van der Waals surface area contributed by atoms with E-state index in [2.05, 4.69) is 33.1 Å². The molecule has 2 aromatic heterocycles. The molecule has 3 heterocycles. The third-order valence-corrected chi connectivity index (χ3v) is 5.49. The maximum atomic E-state index is 11.3. The Morgan fingerprint density at radius 3 is 2.56 bits per heavy atom. The number of carboxylic acid groups (broad SMARTS) is 1. The molecule has 1 fully saturated rings. The Balaban J connectivity index is 1.69. The third kappa shape index (κ3) is 3.83. The summed E-state index contributed by atoms with van der Waals surface area (Å²) in [6.45, 7) is 1.57. The fourth-order valence-corrected chi connectivity index (χ4v) is 4.02. The van der Waals surface area contributed by atoms with Crippen LogP contribution < -0.4 is 0 Å². The molecule has 0 aliphatic carbocycles. The first-order valence-corrected chi connectivity index (χ1v) is 9.43. The lowest BCUT2D eigenvalue weighted by Gasteiger charge is -2.37. The van der Waals surface area contributed by atoms with Gasteiger partial charge in [0.25, 0.3) is 0 Å². The average molecular weight is 361 g/mol. The van der Waals surface area contributed by atoms with Gasteiger partial charge in [0.15, 0.2) is 0 Å². The Bertz CT molecular complexity index is 916. The second-order valence-corrected chi connectivity index (χ2v) is 7.11. The number of likely N-dealkylation sites (tertiary alicyclic amines) is 1. The molecule has 5 heteroatoms. The van der Waals surface area contributed by atoms with Gasteiger partial charge >= 0.3 is 5.97 Å². The quantitative estimate of drug-likeness (QED) is 0.750. The van der Waals surface area contributed by atoms with Crippen molar-refractivity contribution in [1.82, 2.24) is 14.9 Å². The van der Waals surface area contributed by atoms with Gasteiger partial charge in [-0.05, 0) is 55.8 Å². The number of para-hydroxylation sites is 1. The molecular formula is C22H23N3O2. The van der Waals surface area contributed by atoms with Gasteiger partial charge in [0, 0.05) is 35.9 Å². The monoisotopic (exact) mass is 361 g/mol. The third-order valence-electron chi connectivity index (χ3n) is 5.49. The van der Waals surface area contributed by atoms with E-state index in [-0.39, 0.29) is 12.0 Å². The van der Waals surface area contributed by atoms with Gasteiger partial charge in [-0.2, -0.15) is 0 Å². The van der Waals surface area contributed by atoms with Crippen LogP contribution in [0.2, 0.25) is 0 Å².